The van der Waals surface area contributed by atoms with Gasteiger partial charge in [-0.15, -0.1) is 0 Å². The SMILES string of the molecule is COc1ccc(CN(Cc2ccc(OC)cc2OC)Sc2cc(NC(=O)C3CCCN3c3ccc(F)c(F)c3C)ccn2)c(OC)c1. The Balaban J connectivity index is 1.37. The number of pyridine rings is 1. The Morgan fingerprint density at radius 3 is 2.15 bits per heavy atom. The molecule has 5 rings (SSSR count). The zero-order chi connectivity index (χ0) is 33.5. The lowest BCUT2D eigenvalue weighted by atomic mass is 10.1. The minimum Gasteiger partial charge on any atom is -0.497 e. The number of halogens is 2. The number of nitrogens with one attached hydrogen (secondary N) is 1. The van der Waals surface area contributed by atoms with Gasteiger partial charge in [0, 0.05) is 66.0 Å². The second-order valence-corrected chi connectivity index (χ2v) is 12.1. The molecule has 1 aromatic heterocycles. The highest BCUT2D eigenvalue weighted by atomic mass is 32.2. The van der Waals surface area contributed by atoms with E-state index in [1.165, 1.54) is 24.9 Å². The fourth-order valence-corrected chi connectivity index (χ4v) is 6.60. The van der Waals surface area contributed by atoms with Gasteiger partial charge in [0.25, 0.3) is 0 Å². The number of amides is 1. The minimum absolute atomic E-state index is 0.189. The van der Waals surface area contributed by atoms with E-state index in [1.807, 2.05) is 47.4 Å². The van der Waals surface area contributed by atoms with Crippen molar-refractivity contribution in [2.75, 3.05) is 45.2 Å². The van der Waals surface area contributed by atoms with Crippen LogP contribution in [-0.2, 0) is 17.9 Å². The molecule has 248 valence electrons. The van der Waals surface area contributed by atoms with E-state index in [9.17, 15) is 13.6 Å². The molecule has 1 N–H and O–H groups in total. The largest absolute Gasteiger partial charge is 0.497 e. The Bertz CT molecular complexity index is 1670. The molecule has 0 radical (unpaired) electrons. The first-order valence-corrected chi connectivity index (χ1v) is 15.8. The van der Waals surface area contributed by atoms with Crippen LogP contribution in [0.25, 0.3) is 0 Å². The van der Waals surface area contributed by atoms with Crippen molar-refractivity contribution in [3.05, 3.63) is 95.2 Å². The summed E-state index contributed by atoms with van der Waals surface area (Å²) in [5.74, 6) is 0.716. The summed E-state index contributed by atoms with van der Waals surface area (Å²) in [6.07, 6.45) is 2.99. The predicted octanol–water partition coefficient (Wildman–Crippen LogP) is 7.02. The van der Waals surface area contributed by atoms with Crippen molar-refractivity contribution in [1.29, 1.82) is 0 Å². The molecular weight excluding hydrogens is 626 g/mol. The van der Waals surface area contributed by atoms with Gasteiger partial charge < -0.3 is 29.2 Å². The Hall–Kier alpha value is -4.55. The average molecular weight is 665 g/mol. The molecule has 1 saturated heterocycles. The van der Waals surface area contributed by atoms with Gasteiger partial charge in [0.2, 0.25) is 5.91 Å². The number of aromatic nitrogens is 1. The van der Waals surface area contributed by atoms with Gasteiger partial charge in [-0.05, 0) is 68.1 Å². The highest BCUT2D eigenvalue weighted by molar-refractivity contribution is 7.96. The number of hydrogen-bond acceptors (Lipinski definition) is 9. The smallest absolute Gasteiger partial charge is 0.247 e. The first-order chi connectivity index (χ1) is 22.7. The molecule has 1 fully saturated rings. The van der Waals surface area contributed by atoms with Crippen molar-refractivity contribution in [2.24, 2.45) is 0 Å². The normalized spacial score (nSPS) is 14.3. The lowest BCUT2D eigenvalue weighted by molar-refractivity contribution is -0.117. The van der Waals surface area contributed by atoms with Crippen molar-refractivity contribution in [2.45, 2.75) is 43.9 Å². The third-order valence-corrected chi connectivity index (χ3v) is 9.01. The molecule has 0 saturated carbocycles. The maximum Gasteiger partial charge on any atom is 0.247 e. The fraction of sp³-hybridized carbons (Fsp3) is 0.314. The van der Waals surface area contributed by atoms with Crippen LogP contribution < -0.4 is 29.2 Å². The summed E-state index contributed by atoms with van der Waals surface area (Å²) in [5, 5.41) is 3.67. The molecule has 3 aromatic carbocycles. The number of carbonyl (C=O) groups excluding carboxylic acids is 1. The van der Waals surface area contributed by atoms with Crippen molar-refractivity contribution >= 4 is 29.2 Å². The summed E-state index contributed by atoms with van der Waals surface area (Å²) >= 11 is 1.42. The van der Waals surface area contributed by atoms with E-state index in [4.69, 9.17) is 18.9 Å². The van der Waals surface area contributed by atoms with Crippen LogP contribution in [0.15, 0.2) is 71.9 Å². The van der Waals surface area contributed by atoms with Gasteiger partial charge in [0.15, 0.2) is 11.6 Å². The van der Waals surface area contributed by atoms with Crippen molar-refractivity contribution in [1.82, 2.24) is 9.29 Å². The molecule has 0 spiro atoms. The Morgan fingerprint density at radius 1 is 0.915 bits per heavy atom. The molecule has 1 amide bonds. The Kier molecular flexibility index (Phi) is 11.0. The van der Waals surface area contributed by atoms with Gasteiger partial charge in [0.05, 0.1) is 28.4 Å². The lowest BCUT2D eigenvalue weighted by Gasteiger charge is -2.27. The highest BCUT2D eigenvalue weighted by Crippen LogP contribution is 2.35. The van der Waals surface area contributed by atoms with E-state index in [2.05, 4.69) is 14.6 Å². The van der Waals surface area contributed by atoms with Gasteiger partial charge in [-0.25, -0.2) is 18.1 Å². The Labute approximate surface area is 277 Å². The van der Waals surface area contributed by atoms with Gasteiger partial charge in [-0.2, -0.15) is 0 Å². The van der Waals surface area contributed by atoms with Gasteiger partial charge >= 0.3 is 0 Å². The molecule has 0 bridgehead atoms. The molecule has 2 heterocycles. The summed E-state index contributed by atoms with van der Waals surface area (Å²) in [5.41, 5.74) is 3.16. The molecule has 1 aliphatic rings. The third-order valence-electron chi connectivity index (χ3n) is 8.08. The third kappa shape index (κ3) is 7.88. The van der Waals surface area contributed by atoms with Crippen LogP contribution in [0.4, 0.5) is 20.2 Å². The van der Waals surface area contributed by atoms with Gasteiger partial charge in [0.1, 0.15) is 34.1 Å². The first kappa shape index (κ1) is 33.8. The van der Waals surface area contributed by atoms with Crippen LogP contribution in [-0.4, -0.2) is 56.2 Å². The van der Waals surface area contributed by atoms with Crippen LogP contribution in [0.3, 0.4) is 0 Å². The lowest BCUT2D eigenvalue weighted by Crippen LogP contribution is -2.40. The zero-order valence-electron chi connectivity index (χ0n) is 27.0. The topological polar surface area (TPSA) is 85.4 Å². The van der Waals surface area contributed by atoms with Crippen molar-refractivity contribution < 1.29 is 32.5 Å². The number of nitrogens with zero attached hydrogens (tertiary/aromatic N) is 3. The van der Waals surface area contributed by atoms with E-state index in [0.29, 0.717) is 65.5 Å². The summed E-state index contributed by atoms with van der Waals surface area (Å²) in [6, 6.07) is 17.0. The number of ether oxygens (including phenoxy) is 4. The maximum atomic E-state index is 14.4. The zero-order valence-corrected chi connectivity index (χ0v) is 27.8. The number of hydrogen-bond donors (Lipinski definition) is 1. The first-order valence-electron chi connectivity index (χ1n) is 15.1. The van der Waals surface area contributed by atoms with E-state index >= 15 is 0 Å². The molecule has 1 atom stereocenters. The van der Waals surface area contributed by atoms with E-state index in [0.717, 1.165) is 23.6 Å². The van der Waals surface area contributed by atoms with Crippen LogP contribution >= 0.6 is 11.9 Å². The monoisotopic (exact) mass is 664 g/mol. The van der Waals surface area contributed by atoms with Crippen molar-refractivity contribution in [3.63, 3.8) is 0 Å². The second-order valence-electron chi connectivity index (χ2n) is 11.0. The van der Waals surface area contributed by atoms with Crippen molar-refractivity contribution in [3.8, 4) is 23.0 Å². The number of carbonyl (C=O) groups is 1. The minimum atomic E-state index is -0.904. The summed E-state index contributed by atoms with van der Waals surface area (Å²) in [7, 11) is 6.46. The number of methoxy groups -OCH3 is 4. The van der Waals surface area contributed by atoms with E-state index < -0.39 is 17.7 Å². The summed E-state index contributed by atoms with van der Waals surface area (Å²) < 4.78 is 52.4. The molecular formula is C35H38F2N4O5S. The number of anilines is 2. The number of rotatable bonds is 13. The standard InChI is InChI=1S/C35H38F2N4O5S/c1-22-29(13-12-28(36)34(22)37)41-16-6-7-30(41)35(42)39-25-14-15-38-33(17-25)47-40(20-23-8-10-26(43-2)18-31(23)45-4)21-24-9-11-27(44-3)19-32(24)46-5/h8-15,17-19,30H,6-7,16,20-21H2,1-5H3,(H,38,39,42). The van der Waals surface area contributed by atoms with Crippen LogP contribution in [0.1, 0.15) is 29.5 Å². The van der Waals surface area contributed by atoms with Crippen LogP contribution in [0.5, 0.6) is 23.0 Å². The molecule has 47 heavy (non-hydrogen) atoms. The van der Waals surface area contributed by atoms with E-state index in [1.54, 1.807) is 40.7 Å². The molecule has 4 aromatic rings. The molecule has 1 unspecified atom stereocenters. The highest BCUT2D eigenvalue weighted by Gasteiger charge is 2.32. The van der Waals surface area contributed by atoms with Gasteiger partial charge in [-0.3, -0.25) is 4.79 Å². The molecule has 1 aliphatic heterocycles. The Morgan fingerprint density at radius 2 is 1.55 bits per heavy atom. The number of benzene rings is 3. The molecule has 12 heteroatoms. The summed E-state index contributed by atoms with van der Waals surface area (Å²) in [6.45, 7) is 3.06. The molecule has 0 aliphatic carbocycles. The average Bonchev–Trinajstić information content (AvgIpc) is 3.57. The van der Waals surface area contributed by atoms with Crippen LogP contribution in [0.2, 0.25) is 0 Å². The molecule has 9 nitrogen and oxygen atoms in total. The fourth-order valence-electron chi connectivity index (χ4n) is 5.64. The second kappa shape index (κ2) is 15.4. The quantitative estimate of drug-likeness (QED) is 0.152. The van der Waals surface area contributed by atoms with E-state index in [-0.39, 0.29) is 11.5 Å². The van der Waals surface area contributed by atoms with Gasteiger partial charge in [-0.1, -0.05) is 12.1 Å². The van der Waals surface area contributed by atoms with Crippen LogP contribution in [0, 0.1) is 18.6 Å². The summed E-state index contributed by atoms with van der Waals surface area (Å²) in [4.78, 5) is 19.9. The maximum absolute atomic E-state index is 14.4. The predicted molar refractivity (Wildman–Crippen MR) is 179 cm³/mol.